The fraction of sp³-hybridized carbons (Fsp3) is 0.833. The zero-order valence-electron chi connectivity index (χ0n) is 21.9. The normalized spacial score (nSPS) is 8.76. The molecule has 0 bridgehead atoms. The summed E-state index contributed by atoms with van der Waals surface area (Å²) in [7, 11) is 0. The summed E-state index contributed by atoms with van der Waals surface area (Å²) >= 11 is 0. The maximum Gasteiger partial charge on any atom is 0.303 e. The van der Waals surface area contributed by atoms with E-state index in [1.54, 1.807) is 0 Å². The average Bonchev–Trinajstić information content (AvgIpc) is 2.71. The van der Waals surface area contributed by atoms with Crippen LogP contribution in [0.25, 0.3) is 0 Å². The number of carboxylic acid groups (broad SMARTS) is 4. The van der Waals surface area contributed by atoms with E-state index in [1.807, 2.05) is 0 Å². The van der Waals surface area contributed by atoms with Crippen molar-refractivity contribution >= 4 is 23.9 Å². The lowest BCUT2D eigenvalue weighted by Crippen LogP contribution is -2.02. The molecule has 0 rings (SSSR count). The number of hydrazine groups is 1. The average molecular weight is 497 g/mol. The molecule has 0 aliphatic carbocycles. The van der Waals surface area contributed by atoms with Crippen molar-refractivity contribution in [2.75, 3.05) is 0 Å². The van der Waals surface area contributed by atoms with Crippen LogP contribution in [0.4, 0.5) is 0 Å². The molecule has 0 aliphatic heterocycles. The summed E-state index contributed by atoms with van der Waals surface area (Å²) in [5, 5.41) is 30.8. The van der Waals surface area contributed by atoms with Crippen molar-refractivity contribution < 1.29 is 39.6 Å². The highest BCUT2D eigenvalue weighted by Crippen LogP contribution is 2.13. The quantitative estimate of drug-likeness (QED) is 0.0909. The number of hydrogen-bond acceptors (Lipinski definition) is 6. The van der Waals surface area contributed by atoms with Gasteiger partial charge in [-0.3, -0.25) is 30.9 Å². The Morgan fingerprint density at radius 2 is 0.647 bits per heavy atom. The van der Waals surface area contributed by atoms with Gasteiger partial charge < -0.3 is 20.4 Å². The van der Waals surface area contributed by atoms with Gasteiger partial charge in [-0.05, 0) is 6.42 Å². The monoisotopic (exact) mass is 496 g/mol. The van der Waals surface area contributed by atoms with E-state index in [0.717, 1.165) is 33.6 Å². The van der Waals surface area contributed by atoms with E-state index in [2.05, 4.69) is 18.6 Å². The molecule has 34 heavy (non-hydrogen) atoms. The highest BCUT2D eigenvalue weighted by Gasteiger charge is 1.97. The van der Waals surface area contributed by atoms with Crippen LogP contribution in [-0.4, -0.2) is 44.3 Å². The van der Waals surface area contributed by atoms with Crippen molar-refractivity contribution in [3.63, 3.8) is 0 Å². The van der Waals surface area contributed by atoms with Gasteiger partial charge in [-0.2, -0.15) is 0 Å². The smallest absolute Gasteiger partial charge is 0.303 e. The van der Waals surface area contributed by atoms with Gasteiger partial charge in [0.2, 0.25) is 0 Å². The maximum atomic E-state index is 10.3. The van der Waals surface area contributed by atoms with Crippen LogP contribution < -0.4 is 11.7 Å². The van der Waals surface area contributed by atoms with Gasteiger partial charge in [-0.25, -0.2) is 0 Å². The summed E-state index contributed by atoms with van der Waals surface area (Å²) in [6.07, 6.45) is 20.2. The molecular weight excluding hydrogens is 444 g/mol. The second-order valence-electron chi connectivity index (χ2n) is 7.65. The molecule has 0 radical (unpaired) electrons. The topological polar surface area (TPSA) is 201 Å². The fourth-order valence-corrected chi connectivity index (χ4v) is 2.65. The first-order valence-corrected chi connectivity index (χ1v) is 12.1. The molecule has 0 saturated heterocycles. The minimum Gasteiger partial charge on any atom is -0.481 e. The number of nitrogens with two attached hydrogens (primary N) is 2. The number of carbonyl (C=O) groups is 4. The Hall–Kier alpha value is -2.20. The predicted octanol–water partition coefficient (Wildman–Crippen LogP) is 5.42. The van der Waals surface area contributed by atoms with Gasteiger partial charge in [-0.1, -0.05) is 96.8 Å². The van der Waals surface area contributed by atoms with Crippen LogP contribution in [0.1, 0.15) is 130 Å². The highest BCUT2D eigenvalue weighted by atomic mass is 16.4. The lowest BCUT2D eigenvalue weighted by molar-refractivity contribution is -0.137. The SMILES string of the molecule is CC(=O)O.CC(=O)O.CC(=O)O.CCCCCCCCCCCCCCCCCC(=O)O.NN. The Bertz CT molecular complexity index is 406. The molecule has 0 unspecified atom stereocenters. The zero-order chi connectivity index (χ0) is 27.6. The number of hydrogen-bond donors (Lipinski definition) is 6. The van der Waals surface area contributed by atoms with Crippen LogP contribution in [0.3, 0.4) is 0 Å². The predicted molar refractivity (Wildman–Crippen MR) is 135 cm³/mol. The van der Waals surface area contributed by atoms with Gasteiger partial charge in [0.05, 0.1) is 0 Å². The van der Waals surface area contributed by atoms with Crippen LogP contribution in [-0.2, 0) is 19.2 Å². The molecule has 0 fully saturated rings. The van der Waals surface area contributed by atoms with E-state index in [1.165, 1.54) is 83.5 Å². The second-order valence-corrected chi connectivity index (χ2v) is 7.65. The lowest BCUT2D eigenvalue weighted by Gasteiger charge is -2.03. The number of rotatable bonds is 16. The Morgan fingerprint density at radius 1 is 0.471 bits per heavy atom. The van der Waals surface area contributed by atoms with Crippen LogP contribution >= 0.6 is 0 Å². The molecule has 8 N–H and O–H groups in total. The van der Waals surface area contributed by atoms with Crippen molar-refractivity contribution in [2.45, 2.75) is 130 Å². The summed E-state index contributed by atoms with van der Waals surface area (Å²) < 4.78 is 0. The van der Waals surface area contributed by atoms with E-state index >= 15 is 0 Å². The minimum absolute atomic E-state index is 0.345. The van der Waals surface area contributed by atoms with Crippen LogP contribution in [0.2, 0.25) is 0 Å². The number of aliphatic carboxylic acids is 4. The summed E-state index contributed by atoms with van der Waals surface area (Å²) in [6.45, 7) is 5.52. The molecule has 206 valence electrons. The van der Waals surface area contributed by atoms with Crippen molar-refractivity contribution in [2.24, 2.45) is 11.7 Å². The van der Waals surface area contributed by atoms with Gasteiger partial charge in [0, 0.05) is 27.2 Å². The van der Waals surface area contributed by atoms with Gasteiger partial charge in [0.25, 0.3) is 17.9 Å². The van der Waals surface area contributed by atoms with Gasteiger partial charge in [-0.15, -0.1) is 0 Å². The number of carboxylic acids is 4. The number of unbranched alkanes of at least 4 members (excludes halogenated alkanes) is 14. The molecule has 0 saturated carbocycles. The molecule has 0 atom stereocenters. The Balaban J connectivity index is -0.000000163. The molecule has 0 aromatic heterocycles. The van der Waals surface area contributed by atoms with Crippen LogP contribution in [0.15, 0.2) is 0 Å². The van der Waals surface area contributed by atoms with Crippen LogP contribution in [0, 0.1) is 0 Å². The largest absolute Gasteiger partial charge is 0.481 e. The van der Waals surface area contributed by atoms with Gasteiger partial charge >= 0.3 is 5.97 Å². The third-order valence-electron chi connectivity index (χ3n) is 3.99. The molecular formula is C24H52N2O8. The summed E-state index contributed by atoms with van der Waals surface area (Å²) in [6, 6.07) is 0. The van der Waals surface area contributed by atoms with Crippen molar-refractivity contribution in [3.05, 3.63) is 0 Å². The summed E-state index contributed by atoms with van der Waals surface area (Å²) in [4.78, 5) is 37.3. The Labute approximate surface area is 206 Å². The highest BCUT2D eigenvalue weighted by molar-refractivity contribution is 5.66. The Morgan fingerprint density at radius 3 is 0.824 bits per heavy atom. The van der Waals surface area contributed by atoms with Gasteiger partial charge in [0.1, 0.15) is 0 Å². The standard InChI is InChI=1S/C18H36O2.3C2H4O2.H4N2/c1-2-3-4-5-6-7-8-9-10-11-12-13-14-15-16-17-18(19)20;3*1-2(3)4;1-2/h2-17H2,1H3,(H,19,20);3*1H3,(H,3,4);1-2H2. The first-order valence-electron chi connectivity index (χ1n) is 12.1. The first kappa shape index (κ1) is 42.0. The molecule has 10 heteroatoms. The van der Waals surface area contributed by atoms with E-state index in [9.17, 15) is 4.79 Å². The fourth-order valence-electron chi connectivity index (χ4n) is 2.65. The van der Waals surface area contributed by atoms with E-state index in [-0.39, 0.29) is 0 Å². The third kappa shape index (κ3) is 113. The molecule has 0 aromatic carbocycles. The maximum absolute atomic E-state index is 10.3. The molecule has 0 amide bonds. The zero-order valence-corrected chi connectivity index (χ0v) is 21.9. The van der Waals surface area contributed by atoms with Crippen molar-refractivity contribution in [1.29, 1.82) is 0 Å². The molecule has 0 spiro atoms. The van der Waals surface area contributed by atoms with Crippen molar-refractivity contribution in [3.8, 4) is 0 Å². The molecule has 0 aromatic rings. The van der Waals surface area contributed by atoms with E-state index in [4.69, 9.17) is 34.8 Å². The molecule has 10 nitrogen and oxygen atoms in total. The van der Waals surface area contributed by atoms with E-state index in [0.29, 0.717) is 6.42 Å². The van der Waals surface area contributed by atoms with Crippen molar-refractivity contribution in [1.82, 2.24) is 0 Å². The molecule has 0 aliphatic rings. The second kappa shape index (κ2) is 41.1. The third-order valence-corrected chi connectivity index (χ3v) is 3.99. The minimum atomic E-state index is -0.833. The van der Waals surface area contributed by atoms with Crippen LogP contribution in [0.5, 0.6) is 0 Å². The lowest BCUT2D eigenvalue weighted by atomic mass is 10.0. The Kier molecular flexibility index (Phi) is 50.8. The summed E-state index contributed by atoms with van der Waals surface area (Å²) in [5.41, 5.74) is 0. The van der Waals surface area contributed by atoms with Gasteiger partial charge in [0.15, 0.2) is 0 Å². The first-order chi connectivity index (χ1) is 16.0. The molecule has 0 heterocycles. The summed E-state index contributed by atoms with van der Waals surface area (Å²) in [5.74, 6) is 4.85. The van der Waals surface area contributed by atoms with E-state index < -0.39 is 23.9 Å².